The van der Waals surface area contributed by atoms with E-state index in [-0.39, 0.29) is 78.2 Å². The summed E-state index contributed by atoms with van der Waals surface area (Å²) in [6.45, 7) is 4.82. The van der Waals surface area contributed by atoms with Crippen LogP contribution in [0.3, 0.4) is 0 Å². The summed E-state index contributed by atoms with van der Waals surface area (Å²) in [5.41, 5.74) is 16.3. The molecule has 4 aliphatic heterocycles. The summed E-state index contributed by atoms with van der Waals surface area (Å²) in [6, 6.07) is 15.5. The number of likely N-dealkylation sites (tertiary alicyclic amines) is 2. The predicted octanol–water partition coefficient (Wildman–Crippen LogP) is 6.78. The molecule has 7 N–H and O–H groups in total. The van der Waals surface area contributed by atoms with E-state index in [0.717, 1.165) is 98.4 Å². The van der Waals surface area contributed by atoms with Crippen LogP contribution in [0.15, 0.2) is 73.3 Å². The minimum Gasteiger partial charge on any atom is -0.481 e. The van der Waals surface area contributed by atoms with E-state index in [4.69, 9.17) is 21.4 Å². The van der Waals surface area contributed by atoms with Crippen molar-refractivity contribution < 1.29 is 19.5 Å². The third-order valence-corrected chi connectivity index (χ3v) is 15.6. The molecule has 328 valence electrons. The molecule has 10 rings (SSSR count). The largest absolute Gasteiger partial charge is 0.481 e. The average Bonchev–Trinajstić information content (AvgIpc) is 4.12. The Morgan fingerprint density at radius 3 is 1.56 bits per heavy atom. The Balaban J connectivity index is 1.02. The minimum absolute atomic E-state index is 0.0155. The number of para-hydroxylation sites is 2. The molecule has 6 aliphatic rings. The number of imidazole rings is 2. The number of benzene rings is 2. The van der Waals surface area contributed by atoms with E-state index in [2.05, 4.69) is 53.8 Å². The molecule has 0 radical (unpaired) electrons. The Hall–Kier alpha value is -5.21. The molecular weight excluding hydrogens is 781 g/mol. The maximum absolute atomic E-state index is 14.4. The second kappa shape index (κ2) is 16.2. The van der Waals surface area contributed by atoms with Crippen molar-refractivity contribution in [2.45, 2.75) is 127 Å². The Labute approximate surface area is 363 Å². The number of aromatic nitrogens is 4. The van der Waals surface area contributed by atoms with Crippen LogP contribution in [0, 0.1) is 29.1 Å². The molecule has 4 aromatic rings. The lowest BCUT2D eigenvalue weighted by Gasteiger charge is -2.42. The van der Waals surface area contributed by atoms with Gasteiger partial charge in [-0.3, -0.25) is 14.4 Å². The van der Waals surface area contributed by atoms with Gasteiger partial charge in [0.1, 0.15) is 17.8 Å². The molecule has 10 atom stereocenters. The molecule has 62 heavy (non-hydrogen) atoms. The molecule has 2 saturated heterocycles. The van der Waals surface area contributed by atoms with Gasteiger partial charge in [0, 0.05) is 79.6 Å². The first kappa shape index (κ1) is 40.8. The number of nitrogens with two attached hydrogens (primary N) is 2. The summed E-state index contributed by atoms with van der Waals surface area (Å²) >= 11 is 0. The van der Waals surface area contributed by atoms with Gasteiger partial charge >= 0.3 is 5.97 Å². The van der Waals surface area contributed by atoms with Crippen LogP contribution < -0.4 is 22.1 Å². The molecule has 0 bridgehead atoms. The number of carboxylic acids is 1. The smallest absolute Gasteiger partial charge is 0.309 e. The maximum Gasteiger partial charge on any atom is 0.309 e. The van der Waals surface area contributed by atoms with Crippen LogP contribution in [0.25, 0.3) is 0 Å². The Morgan fingerprint density at radius 2 is 1.13 bits per heavy atom. The van der Waals surface area contributed by atoms with Crippen LogP contribution in [0.1, 0.15) is 138 Å². The van der Waals surface area contributed by atoms with E-state index < -0.39 is 17.6 Å². The van der Waals surface area contributed by atoms with Crippen LogP contribution in [-0.2, 0) is 14.4 Å². The predicted molar refractivity (Wildman–Crippen MR) is 236 cm³/mol. The Kier molecular flexibility index (Phi) is 10.6. The zero-order chi connectivity index (χ0) is 42.9. The van der Waals surface area contributed by atoms with Gasteiger partial charge in [-0.25, -0.2) is 9.97 Å². The van der Waals surface area contributed by atoms with Crippen LogP contribution in [-0.4, -0.2) is 77.0 Å². The monoisotopic (exact) mass is 842 g/mol. The summed E-state index contributed by atoms with van der Waals surface area (Å²) in [4.78, 5) is 56.2. The molecule has 4 fully saturated rings. The molecule has 0 spiro atoms. The number of hydrogen-bond donors (Lipinski definition) is 5. The summed E-state index contributed by atoms with van der Waals surface area (Å²) in [5, 5.41) is 18.4. The number of amides is 2. The molecule has 2 saturated carbocycles. The summed E-state index contributed by atoms with van der Waals surface area (Å²) in [6.07, 6.45) is 16.4. The summed E-state index contributed by atoms with van der Waals surface area (Å²) in [7, 11) is 0. The van der Waals surface area contributed by atoms with Gasteiger partial charge in [-0.15, -0.1) is 0 Å². The van der Waals surface area contributed by atoms with E-state index in [1.165, 1.54) is 0 Å². The number of carboxylic acid groups (broad SMARTS) is 1. The zero-order valence-corrected chi connectivity index (χ0v) is 36.0. The van der Waals surface area contributed by atoms with Crippen molar-refractivity contribution in [1.29, 1.82) is 0 Å². The second-order valence-electron chi connectivity index (χ2n) is 19.6. The van der Waals surface area contributed by atoms with Crippen LogP contribution in [0.4, 0.5) is 11.4 Å². The van der Waals surface area contributed by atoms with Crippen LogP contribution >= 0.6 is 0 Å². The van der Waals surface area contributed by atoms with Gasteiger partial charge < -0.3 is 46.1 Å². The number of fused-ring (bicyclic) bond motifs is 6. The first-order chi connectivity index (χ1) is 30.0. The molecule has 2 amide bonds. The van der Waals surface area contributed by atoms with E-state index >= 15 is 0 Å². The van der Waals surface area contributed by atoms with Crippen molar-refractivity contribution in [3.8, 4) is 0 Å². The highest BCUT2D eigenvalue weighted by Gasteiger charge is 2.52. The minimum atomic E-state index is -1.12. The van der Waals surface area contributed by atoms with E-state index in [9.17, 15) is 19.5 Å². The standard InChI is InChI=1S/C48H62N10O4/c1-48(2,47(61)62)27-38(55-25-21-51-43(55)39-32-19-23-57(45(59)28-11-3-7-15-34(28)49)41(32)30-13-5-9-17-36(30)53-39)56-26-22-52-44(56)40-33-20-24-58(46(60)29-12-4-8-16-35(29)50)42(33)31-14-6-10-18-37(31)54-40/h5-6,9-10,13-14,17-18,21-22,25-26,28-29,32-35,38-42,53-54H,3-4,7-8,11-12,15-16,19-20,23-24,27,49-50H2,1-2H3,(H,61,62)/t28-,29-,32+,33+,34+,35+,39+,40+,41-,42-/m0/s1. The van der Waals surface area contributed by atoms with Crippen molar-refractivity contribution in [1.82, 2.24) is 28.9 Å². The number of anilines is 2. The number of aliphatic carboxylic acids is 1. The molecule has 2 aromatic carbocycles. The Morgan fingerprint density at radius 1 is 0.694 bits per heavy atom. The molecule has 14 nitrogen and oxygen atoms in total. The van der Waals surface area contributed by atoms with E-state index in [1.807, 2.05) is 49.1 Å². The lowest BCUT2D eigenvalue weighted by molar-refractivity contribution is -0.148. The molecule has 14 heteroatoms. The van der Waals surface area contributed by atoms with Crippen molar-refractivity contribution in [2.75, 3.05) is 23.7 Å². The number of nitrogens with zero attached hydrogens (tertiary/aromatic N) is 6. The lowest BCUT2D eigenvalue weighted by Crippen LogP contribution is -2.47. The van der Waals surface area contributed by atoms with Gasteiger partial charge in [-0.1, -0.05) is 62.1 Å². The Bertz CT molecular complexity index is 2180. The fourth-order valence-electron chi connectivity index (χ4n) is 12.3. The third-order valence-electron chi connectivity index (χ3n) is 15.6. The van der Waals surface area contributed by atoms with Crippen molar-refractivity contribution in [3.63, 3.8) is 0 Å². The third kappa shape index (κ3) is 6.88. The first-order valence-electron chi connectivity index (χ1n) is 23.1. The average molecular weight is 843 g/mol. The lowest BCUT2D eigenvalue weighted by atomic mass is 9.80. The highest BCUT2D eigenvalue weighted by molar-refractivity contribution is 5.82. The fraction of sp³-hybridized carbons (Fsp3) is 0.562. The van der Waals surface area contributed by atoms with Crippen LogP contribution in [0.2, 0.25) is 0 Å². The van der Waals surface area contributed by atoms with Gasteiger partial charge in [0.05, 0.1) is 41.4 Å². The zero-order valence-electron chi connectivity index (χ0n) is 36.0. The van der Waals surface area contributed by atoms with Gasteiger partial charge in [0.2, 0.25) is 11.8 Å². The molecule has 2 aliphatic carbocycles. The normalized spacial score (nSPS) is 30.5. The van der Waals surface area contributed by atoms with Crippen LogP contribution in [0.5, 0.6) is 0 Å². The maximum atomic E-state index is 14.4. The number of nitrogens with one attached hydrogen (secondary N) is 2. The number of rotatable bonds is 9. The first-order valence-corrected chi connectivity index (χ1v) is 23.1. The summed E-state index contributed by atoms with van der Waals surface area (Å²) in [5.74, 6) is 0.656. The molecule has 0 unspecified atom stereocenters. The molecule has 2 aromatic heterocycles. The topological polar surface area (TPSA) is 190 Å². The number of carbonyl (C=O) groups is 3. The van der Waals surface area contributed by atoms with Gasteiger partial charge in [-0.05, 0) is 75.6 Å². The SMILES string of the molecule is CC(C)(CC(n1ccnc1[C@@H]1Nc2ccccc2[C@H]2[C@@H]1CCN2C(=O)[C@H]1CCCC[C@H]1N)n1ccnc1[C@@H]1Nc2ccccc2[C@H]2[C@@H]1CCN2C(=O)[C@H]1CCCC[C@H]1N)C(=O)O. The quantitative estimate of drug-likeness (QED) is 0.120. The van der Waals surface area contributed by atoms with Gasteiger partial charge in [-0.2, -0.15) is 0 Å². The fourth-order valence-corrected chi connectivity index (χ4v) is 12.3. The molecule has 6 heterocycles. The number of hydrogen-bond acceptors (Lipinski definition) is 9. The van der Waals surface area contributed by atoms with E-state index in [0.29, 0.717) is 13.1 Å². The van der Waals surface area contributed by atoms with Gasteiger partial charge in [0.15, 0.2) is 0 Å². The number of carbonyl (C=O) groups excluding carboxylic acids is 2. The summed E-state index contributed by atoms with van der Waals surface area (Å²) < 4.78 is 4.28. The molecular formula is C48H62N10O4. The van der Waals surface area contributed by atoms with Crippen molar-refractivity contribution >= 4 is 29.2 Å². The van der Waals surface area contributed by atoms with Crippen molar-refractivity contribution in [3.05, 3.63) is 96.1 Å². The van der Waals surface area contributed by atoms with E-state index in [1.54, 1.807) is 13.8 Å². The van der Waals surface area contributed by atoms with Gasteiger partial charge in [0.25, 0.3) is 0 Å². The highest BCUT2D eigenvalue weighted by Crippen LogP contribution is 2.54. The highest BCUT2D eigenvalue weighted by atomic mass is 16.4. The van der Waals surface area contributed by atoms with Crippen molar-refractivity contribution in [2.24, 2.45) is 40.6 Å². The second-order valence-corrected chi connectivity index (χ2v) is 19.6.